The molecular formula is C9H9N3O. The summed E-state index contributed by atoms with van der Waals surface area (Å²) in [6, 6.07) is 6.87. The standard InChI is InChI=1S/C9H9N3O/c1-7-6-12(11-10-7)8-3-2-4-9(13)5-8/h2-6,13H,1H3. The minimum absolute atomic E-state index is 0.227. The molecule has 4 heteroatoms. The van der Waals surface area contributed by atoms with Crippen molar-refractivity contribution in [2.45, 2.75) is 6.92 Å². The highest BCUT2D eigenvalue weighted by molar-refractivity contribution is 5.37. The number of nitrogens with zero attached hydrogens (tertiary/aromatic N) is 3. The number of aromatic hydroxyl groups is 1. The highest BCUT2D eigenvalue weighted by Gasteiger charge is 1.99. The first-order valence-corrected chi connectivity index (χ1v) is 3.94. The van der Waals surface area contributed by atoms with Crippen molar-refractivity contribution in [3.05, 3.63) is 36.2 Å². The highest BCUT2D eigenvalue weighted by atomic mass is 16.3. The minimum Gasteiger partial charge on any atom is -0.508 e. The van der Waals surface area contributed by atoms with Gasteiger partial charge in [0.05, 0.1) is 17.6 Å². The minimum atomic E-state index is 0.227. The molecule has 1 N–H and O–H groups in total. The first-order chi connectivity index (χ1) is 6.25. The van der Waals surface area contributed by atoms with Gasteiger partial charge in [-0.05, 0) is 19.1 Å². The Morgan fingerprint density at radius 3 is 2.85 bits per heavy atom. The Bertz CT molecular complexity index is 422. The monoisotopic (exact) mass is 175 g/mol. The van der Waals surface area contributed by atoms with Gasteiger partial charge >= 0.3 is 0 Å². The normalized spacial score (nSPS) is 10.2. The fourth-order valence-corrected chi connectivity index (χ4v) is 1.11. The van der Waals surface area contributed by atoms with Crippen molar-refractivity contribution in [2.75, 3.05) is 0 Å². The second-order valence-electron chi connectivity index (χ2n) is 2.82. The van der Waals surface area contributed by atoms with Gasteiger partial charge in [-0.3, -0.25) is 0 Å². The average Bonchev–Trinajstić information content (AvgIpc) is 2.52. The van der Waals surface area contributed by atoms with Crippen LogP contribution in [0.15, 0.2) is 30.5 Å². The number of aromatic nitrogens is 3. The molecule has 66 valence electrons. The molecule has 1 aromatic heterocycles. The second-order valence-corrected chi connectivity index (χ2v) is 2.82. The number of aryl methyl sites for hydroxylation is 1. The molecule has 0 radical (unpaired) electrons. The molecule has 4 nitrogen and oxygen atoms in total. The summed E-state index contributed by atoms with van der Waals surface area (Å²) in [5.74, 6) is 0.227. The van der Waals surface area contributed by atoms with Gasteiger partial charge in [-0.2, -0.15) is 0 Å². The molecule has 0 saturated carbocycles. The van der Waals surface area contributed by atoms with Gasteiger partial charge in [-0.25, -0.2) is 4.68 Å². The number of phenolic OH excluding ortho intramolecular Hbond substituents is 1. The fourth-order valence-electron chi connectivity index (χ4n) is 1.11. The summed E-state index contributed by atoms with van der Waals surface area (Å²) in [4.78, 5) is 0. The number of benzene rings is 1. The van der Waals surface area contributed by atoms with E-state index in [0.29, 0.717) is 0 Å². The lowest BCUT2D eigenvalue weighted by molar-refractivity contribution is 0.474. The van der Waals surface area contributed by atoms with Crippen molar-refractivity contribution < 1.29 is 5.11 Å². The van der Waals surface area contributed by atoms with Crippen LogP contribution in [0.5, 0.6) is 5.75 Å². The molecule has 2 aromatic rings. The third-order valence-electron chi connectivity index (χ3n) is 1.70. The summed E-state index contributed by atoms with van der Waals surface area (Å²) in [7, 11) is 0. The number of hydrogen-bond acceptors (Lipinski definition) is 3. The Balaban J connectivity index is 2.46. The van der Waals surface area contributed by atoms with Gasteiger partial charge in [0.25, 0.3) is 0 Å². The molecule has 0 aliphatic carbocycles. The van der Waals surface area contributed by atoms with Crippen molar-refractivity contribution >= 4 is 0 Å². The quantitative estimate of drug-likeness (QED) is 0.710. The van der Waals surface area contributed by atoms with Crippen LogP contribution >= 0.6 is 0 Å². The van der Waals surface area contributed by atoms with E-state index in [1.165, 1.54) is 0 Å². The molecule has 0 spiro atoms. The molecule has 0 fully saturated rings. The van der Waals surface area contributed by atoms with E-state index in [0.717, 1.165) is 11.4 Å². The molecule has 0 aliphatic heterocycles. The van der Waals surface area contributed by atoms with Crippen molar-refractivity contribution in [3.63, 3.8) is 0 Å². The van der Waals surface area contributed by atoms with Gasteiger partial charge in [0.15, 0.2) is 0 Å². The van der Waals surface area contributed by atoms with Crippen molar-refractivity contribution in [2.24, 2.45) is 0 Å². The van der Waals surface area contributed by atoms with Gasteiger partial charge in [-0.1, -0.05) is 11.3 Å². The molecule has 0 atom stereocenters. The fraction of sp³-hybridized carbons (Fsp3) is 0.111. The van der Waals surface area contributed by atoms with Gasteiger partial charge in [0, 0.05) is 6.07 Å². The van der Waals surface area contributed by atoms with Crippen molar-refractivity contribution in [1.29, 1.82) is 0 Å². The van der Waals surface area contributed by atoms with Crippen LogP contribution in [0.25, 0.3) is 5.69 Å². The summed E-state index contributed by atoms with van der Waals surface area (Å²) >= 11 is 0. The van der Waals surface area contributed by atoms with E-state index in [4.69, 9.17) is 0 Å². The second kappa shape index (κ2) is 2.90. The van der Waals surface area contributed by atoms with E-state index in [1.807, 2.05) is 13.0 Å². The maximum absolute atomic E-state index is 9.22. The average molecular weight is 175 g/mol. The molecule has 2 rings (SSSR count). The van der Waals surface area contributed by atoms with Crippen LogP contribution in [0.2, 0.25) is 0 Å². The van der Waals surface area contributed by atoms with Crippen LogP contribution in [0.1, 0.15) is 5.69 Å². The molecule has 0 bridgehead atoms. The topological polar surface area (TPSA) is 50.9 Å². The molecule has 0 amide bonds. The van der Waals surface area contributed by atoms with Crippen molar-refractivity contribution in [3.8, 4) is 11.4 Å². The maximum atomic E-state index is 9.22. The van der Waals surface area contributed by atoms with E-state index >= 15 is 0 Å². The van der Waals surface area contributed by atoms with Crippen LogP contribution in [0.3, 0.4) is 0 Å². The number of hydrogen-bond donors (Lipinski definition) is 1. The molecule has 1 heterocycles. The lowest BCUT2D eigenvalue weighted by Crippen LogP contribution is -1.93. The maximum Gasteiger partial charge on any atom is 0.117 e. The third-order valence-corrected chi connectivity index (χ3v) is 1.70. The van der Waals surface area contributed by atoms with Crippen LogP contribution in [0.4, 0.5) is 0 Å². The van der Waals surface area contributed by atoms with Gasteiger partial charge in [-0.15, -0.1) is 5.10 Å². The Labute approximate surface area is 75.4 Å². The Morgan fingerprint density at radius 1 is 1.38 bits per heavy atom. The summed E-state index contributed by atoms with van der Waals surface area (Å²) in [6.45, 7) is 1.87. The van der Waals surface area contributed by atoms with Crippen LogP contribution in [-0.2, 0) is 0 Å². The lowest BCUT2D eigenvalue weighted by atomic mass is 10.3. The Hall–Kier alpha value is -1.84. The summed E-state index contributed by atoms with van der Waals surface area (Å²) < 4.78 is 1.62. The summed E-state index contributed by atoms with van der Waals surface area (Å²) in [6.07, 6.45) is 1.80. The van der Waals surface area contributed by atoms with Gasteiger partial charge in [0.2, 0.25) is 0 Å². The Kier molecular flexibility index (Phi) is 1.73. The molecular weight excluding hydrogens is 166 g/mol. The van der Waals surface area contributed by atoms with Crippen molar-refractivity contribution in [1.82, 2.24) is 15.0 Å². The predicted octanol–water partition coefficient (Wildman–Crippen LogP) is 1.28. The Morgan fingerprint density at radius 2 is 2.23 bits per heavy atom. The zero-order valence-electron chi connectivity index (χ0n) is 7.18. The van der Waals surface area contributed by atoms with E-state index in [-0.39, 0.29) is 5.75 Å². The summed E-state index contributed by atoms with van der Waals surface area (Å²) in [5, 5.41) is 17.0. The molecule has 0 aliphatic rings. The summed E-state index contributed by atoms with van der Waals surface area (Å²) in [5.41, 5.74) is 1.66. The molecule has 0 saturated heterocycles. The van der Waals surface area contributed by atoms with Crippen LogP contribution in [-0.4, -0.2) is 20.1 Å². The number of rotatable bonds is 1. The van der Waals surface area contributed by atoms with E-state index < -0.39 is 0 Å². The molecule has 13 heavy (non-hydrogen) atoms. The number of phenols is 1. The molecule has 1 aromatic carbocycles. The van der Waals surface area contributed by atoms with E-state index in [9.17, 15) is 5.11 Å². The smallest absolute Gasteiger partial charge is 0.117 e. The predicted molar refractivity (Wildman–Crippen MR) is 47.8 cm³/mol. The van der Waals surface area contributed by atoms with E-state index in [2.05, 4.69) is 10.3 Å². The third kappa shape index (κ3) is 1.51. The zero-order chi connectivity index (χ0) is 9.26. The van der Waals surface area contributed by atoms with Gasteiger partial charge in [0.1, 0.15) is 5.75 Å². The first kappa shape index (κ1) is 7.79. The molecule has 0 unspecified atom stereocenters. The van der Waals surface area contributed by atoms with Crippen LogP contribution in [0, 0.1) is 6.92 Å². The largest absolute Gasteiger partial charge is 0.508 e. The SMILES string of the molecule is Cc1cn(-c2cccc(O)c2)nn1. The van der Waals surface area contributed by atoms with Gasteiger partial charge < -0.3 is 5.11 Å². The first-order valence-electron chi connectivity index (χ1n) is 3.94. The van der Waals surface area contributed by atoms with Crippen LogP contribution < -0.4 is 0 Å². The van der Waals surface area contributed by atoms with E-state index in [1.54, 1.807) is 29.1 Å². The highest BCUT2D eigenvalue weighted by Crippen LogP contribution is 2.13. The zero-order valence-corrected chi connectivity index (χ0v) is 7.18. The lowest BCUT2D eigenvalue weighted by Gasteiger charge is -1.99.